The van der Waals surface area contributed by atoms with Crippen LogP contribution < -0.4 is 0 Å². The van der Waals surface area contributed by atoms with Crippen molar-refractivity contribution >= 4 is 41.0 Å². The van der Waals surface area contributed by atoms with Gasteiger partial charge in [-0.25, -0.2) is 0 Å². The number of fused-ring (bicyclic) bond motifs is 1. The third-order valence-corrected chi connectivity index (χ3v) is 43.2. The van der Waals surface area contributed by atoms with Crippen LogP contribution in [0.15, 0.2) is 12.3 Å². The monoisotopic (exact) mass is 1030 g/mol. The maximum atomic E-state index is 12.8. The number of esters is 1. The second-order valence-corrected chi connectivity index (χ2v) is 48.3. The Balaban J connectivity index is 2.55. The molecule has 0 aromatic carbocycles. The molecule has 0 amide bonds. The van der Waals surface area contributed by atoms with Crippen molar-refractivity contribution < 1.29 is 32.6 Å². The molecule has 372 valence electrons. The quantitative estimate of drug-likeness (QED) is 0.0307. The summed E-state index contributed by atoms with van der Waals surface area (Å²) >= 11 is -2.39. The van der Waals surface area contributed by atoms with Gasteiger partial charge in [0.25, 0.3) is 0 Å². The zero-order valence-electron chi connectivity index (χ0n) is 45.1. The van der Waals surface area contributed by atoms with Crippen molar-refractivity contribution in [3.05, 3.63) is 12.3 Å². The van der Waals surface area contributed by atoms with Crippen molar-refractivity contribution in [2.75, 3.05) is 13.2 Å². The standard InChI is InChI=1S/C41H79O7Si2.3C4H9.Sn/c1-18-23-43-37-27-35-38(47-41(37,17)22-20-24-44-39(42)40(14,15)16)36(48-50(31(8)9,32(10)11)33(12)13)26-34(46-35)21-19-25-45-49(28(2)3,29(4)5)30(6)7;3*1-3-4-2;/h18,23,28-38H,1,19-22,24-27H2,2-17H3;3*1,3-4H2,2H3;/b23-18-;;;;/t34-,35-,36+,37+,38-,41-;;;;/m1..../s1. The predicted molar refractivity (Wildman–Crippen MR) is 277 cm³/mol. The second-order valence-electron chi connectivity index (χ2n) is 23.4. The molecule has 6 atom stereocenters. The molecule has 0 bridgehead atoms. The maximum absolute atomic E-state index is 12.8. The van der Waals surface area contributed by atoms with Crippen molar-refractivity contribution in [1.29, 1.82) is 0 Å². The molecule has 2 fully saturated rings. The van der Waals surface area contributed by atoms with Gasteiger partial charge in [-0.05, 0) is 37.4 Å². The number of carbonyl (C=O) groups is 1. The van der Waals surface area contributed by atoms with Gasteiger partial charge in [-0.3, -0.25) is 0 Å². The van der Waals surface area contributed by atoms with Gasteiger partial charge in [-0.15, -0.1) is 0 Å². The molecule has 0 N–H and O–H groups in total. The van der Waals surface area contributed by atoms with Crippen LogP contribution in [-0.2, 0) is 32.6 Å². The number of allylic oxidation sites excluding steroid dienone is 1. The molecule has 0 aromatic heterocycles. The Morgan fingerprint density at radius 3 is 1.70 bits per heavy atom. The van der Waals surface area contributed by atoms with Gasteiger partial charge in [-0.2, -0.15) is 0 Å². The van der Waals surface area contributed by atoms with Crippen molar-refractivity contribution in [2.45, 2.75) is 296 Å². The average Bonchev–Trinajstić information content (AvgIpc) is 3.19. The molecule has 7 nitrogen and oxygen atoms in total. The molecule has 2 aliphatic rings. The SMILES string of the molecule is CCC[CH2][Sn]([CH2]/C=C\O[C@H]1C[C@H]2O[C@H](CCCO[Si](C(C)C)(C(C)C)C(C)C)C[C@H](O[Si](C(C)C)(C(C)C)C(C)C)[C@@H]2O[C@]1(C)CCCOC(=O)C(C)(C)C)([CH2]CCC)[CH2]CCC. The van der Waals surface area contributed by atoms with Crippen LogP contribution in [0, 0.1) is 5.41 Å². The van der Waals surface area contributed by atoms with E-state index in [0.29, 0.717) is 46.3 Å². The molecule has 2 rings (SSSR count). The van der Waals surface area contributed by atoms with E-state index in [1.54, 1.807) is 0 Å². The van der Waals surface area contributed by atoms with Gasteiger partial charge in [0, 0.05) is 0 Å². The van der Waals surface area contributed by atoms with E-state index < -0.39 is 46.0 Å². The number of ether oxygens (including phenoxy) is 4. The summed E-state index contributed by atoms with van der Waals surface area (Å²) in [5, 5.41) is 0. The van der Waals surface area contributed by atoms with Crippen molar-refractivity contribution in [1.82, 2.24) is 0 Å². The van der Waals surface area contributed by atoms with E-state index in [2.05, 4.69) is 123 Å². The van der Waals surface area contributed by atoms with Gasteiger partial charge < -0.3 is 4.43 Å². The first-order chi connectivity index (χ1) is 29.4. The van der Waals surface area contributed by atoms with E-state index in [1.165, 1.54) is 56.3 Å². The average molecular weight is 1030 g/mol. The summed E-state index contributed by atoms with van der Waals surface area (Å²) in [6.07, 6.45) is 16.9. The van der Waals surface area contributed by atoms with Crippen molar-refractivity contribution in [2.24, 2.45) is 5.41 Å². The molecular weight excluding hydrogens is 923 g/mol. The summed E-state index contributed by atoms with van der Waals surface area (Å²) in [5.41, 5.74) is 1.95. The summed E-state index contributed by atoms with van der Waals surface area (Å²) in [5.74, 6) is -0.161. The fraction of sp³-hybridized carbons (Fsp3) is 0.943. The normalized spacial score (nSPS) is 24.2. The van der Waals surface area contributed by atoms with Gasteiger partial charge in [0.05, 0.1) is 0 Å². The number of hydrogen-bond acceptors (Lipinski definition) is 7. The van der Waals surface area contributed by atoms with Crippen LogP contribution in [0.2, 0.25) is 51.0 Å². The Kier molecular flexibility index (Phi) is 25.7. The summed E-state index contributed by atoms with van der Waals surface area (Å²) in [4.78, 5) is 12.8. The van der Waals surface area contributed by atoms with E-state index in [1.807, 2.05) is 20.8 Å². The molecular formula is C53H106O7Si2Sn. The first kappa shape index (κ1) is 59.2. The van der Waals surface area contributed by atoms with Crippen LogP contribution >= 0.6 is 0 Å². The first-order valence-corrected chi connectivity index (χ1v) is 38.9. The zero-order valence-corrected chi connectivity index (χ0v) is 49.9. The van der Waals surface area contributed by atoms with Crippen LogP contribution in [0.1, 0.15) is 209 Å². The predicted octanol–water partition coefficient (Wildman–Crippen LogP) is 16.3. The van der Waals surface area contributed by atoms with Gasteiger partial charge in [-0.1, -0.05) is 83.1 Å². The van der Waals surface area contributed by atoms with Crippen LogP contribution in [0.3, 0.4) is 0 Å². The van der Waals surface area contributed by atoms with E-state index in [-0.39, 0.29) is 36.5 Å². The van der Waals surface area contributed by atoms with E-state index in [9.17, 15) is 4.79 Å². The fourth-order valence-corrected chi connectivity index (χ4v) is 38.3. The molecule has 0 saturated carbocycles. The van der Waals surface area contributed by atoms with Crippen LogP contribution in [-0.4, -0.2) is 90.3 Å². The van der Waals surface area contributed by atoms with Gasteiger partial charge in [0.15, 0.2) is 8.32 Å². The van der Waals surface area contributed by atoms with Gasteiger partial charge >= 0.3 is 267 Å². The van der Waals surface area contributed by atoms with Crippen LogP contribution in [0.4, 0.5) is 0 Å². The summed E-state index contributed by atoms with van der Waals surface area (Å²) in [7, 11) is -4.23. The zero-order chi connectivity index (χ0) is 47.8. The van der Waals surface area contributed by atoms with Gasteiger partial charge in [0.2, 0.25) is 0 Å². The molecule has 2 heterocycles. The van der Waals surface area contributed by atoms with Crippen molar-refractivity contribution in [3.63, 3.8) is 0 Å². The minimum absolute atomic E-state index is 0.0658. The molecule has 0 spiro atoms. The topological polar surface area (TPSA) is 72.5 Å². The molecule has 63 heavy (non-hydrogen) atoms. The number of unbranched alkanes of at least 4 members (excludes halogenated alkanes) is 3. The Labute approximate surface area is 397 Å². The summed E-state index contributed by atoms with van der Waals surface area (Å²) < 4.78 is 48.0. The first-order valence-electron chi connectivity index (χ1n) is 26.5. The summed E-state index contributed by atoms with van der Waals surface area (Å²) in [6.45, 7) is 44.8. The Hall–Kier alpha value is 0.0825. The number of hydrogen-bond donors (Lipinski definition) is 0. The van der Waals surface area contributed by atoms with Crippen LogP contribution in [0.25, 0.3) is 0 Å². The molecule has 0 aliphatic carbocycles. The van der Waals surface area contributed by atoms with Crippen LogP contribution in [0.5, 0.6) is 0 Å². The molecule has 2 aliphatic heterocycles. The van der Waals surface area contributed by atoms with E-state index >= 15 is 0 Å². The molecule has 0 unspecified atom stereocenters. The fourth-order valence-electron chi connectivity index (χ4n) is 12.2. The van der Waals surface area contributed by atoms with Crippen molar-refractivity contribution in [3.8, 4) is 0 Å². The Morgan fingerprint density at radius 1 is 0.730 bits per heavy atom. The Morgan fingerprint density at radius 2 is 1.24 bits per heavy atom. The molecule has 2 saturated heterocycles. The number of carbonyl (C=O) groups excluding carboxylic acids is 1. The molecule has 10 heteroatoms. The Bertz CT molecular complexity index is 1250. The van der Waals surface area contributed by atoms with E-state index in [0.717, 1.165) is 38.7 Å². The minimum atomic E-state index is -2.39. The number of rotatable bonds is 30. The van der Waals surface area contributed by atoms with Gasteiger partial charge in [0.1, 0.15) is 0 Å². The third-order valence-electron chi connectivity index (χ3n) is 15.7. The molecule has 0 radical (unpaired) electrons. The third kappa shape index (κ3) is 16.3. The summed E-state index contributed by atoms with van der Waals surface area (Å²) in [6, 6.07) is 0. The second kappa shape index (κ2) is 27.3. The molecule has 0 aromatic rings. The van der Waals surface area contributed by atoms with E-state index in [4.69, 9.17) is 27.8 Å².